The Morgan fingerprint density at radius 1 is 1.07 bits per heavy atom. The van der Waals surface area contributed by atoms with E-state index in [-0.39, 0.29) is 5.91 Å². The molecular weight excluding hydrogens is 352 g/mol. The lowest BCUT2D eigenvalue weighted by Crippen LogP contribution is -2.14. The van der Waals surface area contributed by atoms with E-state index in [2.05, 4.69) is 27.2 Å². The molecule has 0 spiro atoms. The number of carbonyl (C=O) groups is 1. The molecule has 0 unspecified atom stereocenters. The predicted molar refractivity (Wildman–Crippen MR) is 110 cm³/mol. The number of amides is 1. The number of hydrogen-bond donors (Lipinski definition) is 2. The zero-order valence-electron chi connectivity index (χ0n) is 15.9. The molecule has 0 fully saturated rings. The molecule has 6 heteroatoms. The third kappa shape index (κ3) is 5.41. The zero-order chi connectivity index (χ0) is 19.9. The summed E-state index contributed by atoms with van der Waals surface area (Å²) in [4.78, 5) is 20.5. The maximum Gasteiger partial charge on any atom is 0.228 e. The first-order valence-electron chi connectivity index (χ1n) is 8.86. The minimum absolute atomic E-state index is 0.0609. The molecule has 28 heavy (non-hydrogen) atoms. The van der Waals surface area contributed by atoms with Gasteiger partial charge in [0.1, 0.15) is 17.9 Å². The maximum atomic E-state index is 12.3. The van der Waals surface area contributed by atoms with E-state index in [1.165, 1.54) is 6.33 Å². The Bertz CT molecular complexity index is 984. The largest absolute Gasteiger partial charge is 0.439 e. The third-order valence-corrected chi connectivity index (χ3v) is 3.96. The highest BCUT2D eigenvalue weighted by molar-refractivity contribution is 5.92. The van der Waals surface area contributed by atoms with Gasteiger partial charge in [0, 0.05) is 17.5 Å². The summed E-state index contributed by atoms with van der Waals surface area (Å²) in [6.45, 7) is 7.62. The summed E-state index contributed by atoms with van der Waals surface area (Å²) in [7, 11) is 0. The molecule has 0 bridgehead atoms. The Morgan fingerprint density at radius 2 is 1.82 bits per heavy atom. The molecule has 0 aliphatic heterocycles. The van der Waals surface area contributed by atoms with E-state index in [0.717, 1.165) is 16.8 Å². The summed E-state index contributed by atoms with van der Waals surface area (Å²) in [5.74, 6) is 1.57. The molecule has 0 saturated carbocycles. The van der Waals surface area contributed by atoms with Crippen LogP contribution in [0.1, 0.15) is 18.1 Å². The van der Waals surface area contributed by atoms with Crippen LogP contribution in [0.25, 0.3) is 0 Å². The lowest BCUT2D eigenvalue weighted by Gasteiger charge is -2.09. The van der Waals surface area contributed by atoms with Gasteiger partial charge in [0.15, 0.2) is 0 Å². The molecule has 0 saturated heterocycles. The van der Waals surface area contributed by atoms with Crippen molar-refractivity contribution in [3.63, 3.8) is 0 Å². The van der Waals surface area contributed by atoms with Crippen LogP contribution in [0.3, 0.4) is 0 Å². The number of carbonyl (C=O) groups excluding carboxylic acids is 1. The number of ether oxygens (including phenoxy) is 1. The number of hydrogen-bond acceptors (Lipinski definition) is 5. The number of rotatable bonds is 7. The van der Waals surface area contributed by atoms with Crippen molar-refractivity contribution in [3.05, 3.63) is 84.3 Å². The average molecular weight is 374 g/mol. The molecule has 1 heterocycles. The number of allylic oxidation sites excluding steroid dienone is 1. The van der Waals surface area contributed by atoms with Gasteiger partial charge in [0.05, 0.1) is 6.42 Å². The van der Waals surface area contributed by atoms with Gasteiger partial charge < -0.3 is 15.4 Å². The molecule has 1 aromatic heterocycles. The second kappa shape index (κ2) is 8.81. The van der Waals surface area contributed by atoms with Crippen molar-refractivity contribution < 1.29 is 9.53 Å². The van der Waals surface area contributed by atoms with Crippen LogP contribution >= 0.6 is 0 Å². The number of anilines is 2. The second-order valence-corrected chi connectivity index (χ2v) is 6.42. The van der Waals surface area contributed by atoms with Crippen LogP contribution in [-0.2, 0) is 11.2 Å². The number of nitrogens with zero attached hydrogens (tertiary/aromatic N) is 2. The first-order valence-corrected chi connectivity index (χ1v) is 8.86. The minimum Gasteiger partial charge on any atom is -0.439 e. The van der Waals surface area contributed by atoms with Crippen LogP contribution in [0.15, 0.2) is 73.2 Å². The lowest BCUT2D eigenvalue weighted by atomic mass is 10.1. The summed E-state index contributed by atoms with van der Waals surface area (Å²) in [6.07, 6.45) is 1.76. The molecule has 1 amide bonds. The average Bonchev–Trinajstić information content (AvgIpc) is 2.65. The number of aromatic nitrogens is 2. The fourth-order valence-electron chi connectivity index (χ4n) is 2.60. The van der Waals surface area contributed by atoms with Crippen LogP contribution in [0.2, 0.25) is 0 Å². The monoisotopic (exact) mass is 374 g/mol. The summed E-state index contributed by atoms with van der Waals surface area (Å²) in [5, 5.41) is 5.91. The fraction of sp³-hybridized carbons (Fsp3) is 0.136. The fourth-order valence-corrected chi connectivity index (χ4v) is 2.60. The molecule has 3 rings (SSSR count). The van der Waals surface area contributed by atoms with Gasteiger partial charge in [-0.25, -0.2) is 9.97 Å². The standard InChI is InChI=1S/C22H22N4O2/c1-15(2)25-20-13-22(24-14-23-20)28-19-10-8-18(9-11-19)26-21(27)12-17-7-5-4-6-16(17)3/h4-11,13-14H,1,12H2,2-3H3,(H,26,27)(H,23,24,25). The van der Waals surface area contributed by atoms with Crippen LogP contribution in [-0.4, -0.2) is 15.9 Å². The van der Waals surface area contributed by atoms with E-state index in [9.17, 15) is 4.79 Å². The smallest absolute Gasteiger partial charge is 0.228 e. The molecule has 0 aliphatic rings. The Morgan fingerprint density at radius 3 is 2.54 bits per heavy atom. The minimum atomic E-state index is -0.0609. The molecule has 2 N–H and O–H groups in total. The van der Waals surface area contributed by atoms with Crippen molar-refractivity contribution >= 4 is 17.4 Å². The summed E-state index contributed by atoms with van der Waals surface area (Å²) < 4.78 is 5.74. The van der Waals surface area contributed by atoms with E-state index in [1.54, 1.807) is 30.3 Å². The highest BCUT2D eigenvalue weighted by Crippen LogP contribution is 2.23. The van der Waals surface area contributed by atoms with Crippen molar-refractivity contribution in [1.82, 2.24) is 9.97 Å². The van der Waals surface area contributed by atoms with Crippen molar-refractivity contribution in [2.75, 3.05) is 10.6 Å². The van der Waals surface area contributed by atoms with E-state index in [4.69, 9.17) is 4.74 Å². The Balaban J connectivity index is 1.60. The molecule has 2 aromatic carbocycles. The van der Waals surface area contributed by atoms with Gasteiger partial charge in [-0.1, -0.05) is 30.8 Å². The van der Waals surface area contributed by atoms with Gasteiger partial charge in [-0.3, -0.25) is 4.79 Å². The van der Waals surface area contributed by atoms with Crippen LogP contribution in [0.5, 0.6) is 11.6 Å². The van der Waals surface area contributed by atoms with Gasteiger partial charge in [0.2, 0.25) is 11.8 Å². The van der Waals surface area contributed by atoms with E-state index in [0.29, 0.717) is 29.6 Å². The first-order chi connectivity index (χ1) is 13.5. The van der Waals surface area contributed by atoms with Gasteiger partial charge >= 0.3 is 0 Å². The van der Waals surface area contributed by atoms with E-state index in [1.807, 2.05) is 38.1 Å². The van der Waals surface area contributed by atoms with Crippen LogP contribution in [0, 0.1) is 6.92 Å². The molecule has 142 valence electrons. The second-order valence-electron chi connectivity index (χ2n) is 6.42. The number of aryl methyl sites for hydroxylation is 1. The molecule has 0 atom stereocenters. The third-order valence-electron chi connectivity index (χ3n) is 3.96. The number of nitrogens with one attached hydrogen (secondary N) is 2. The van der Waals surface area contributed by atoms with Gasteiger partial charge in [-0.2, -0.15) is 0 Å². The van der Waals surface area contributed by atoms with E-state index >= 15 is 0 Å². The van der Waals surface area contributed by atoms with Crippen molar-refractivity contribution in [1.29, 1.82) is 0 Å². The van der Waals surface area contributed by atoms with Gasteiger partial charge in [0.25, 0.3) is 0 Å². The quantitative estimate of drug-likeness (QED) is 0.627. The summed E-state index contributed by atoms with van der Waals surface area (Å²) in [5.41, 5.74) is 3.60. The van der Waals surface area contributed by atoms with Crippen molar-refractivity contribution in [2.45, 2.75) is 20.3 Å². The lowest BCUT2D eigenvalue weighted by molar-refractivity contribution is -0.115. The first kappa shape index (κ1) is 19.1. The molecular formula is C22H22N4O2. The van der Waals surface area contributed by atoms with E-state index < -0.39 is 0 Å². The van der Waals surface area contributed by atoms with Crippen LogP contribution in [0.4, 0.5) is 11.5 Å². The zero-order valence-corrected chi connectivity index (χ0v) is 15.9. The number of benzene rings is 2. The highest BCUT2D eigenvalue weighted by atomic mass is 16.5. The van der Waals surface area contributed by atoms with Gasteiger partial charge in [-0.05, 0) is 49.2 Å². The summed E-state index contributed by atoms with van der Waals surface area (Å²) >= 11 is 0. The van der Waals surface area contributed by atoms with Gasteiger partial charge in [-0.15, -0.1) is 0 Å². The highest BCUT2D eigenvalue weighted by Gasteiger charge is 2.07. The molecule has 3 aromatic rings. The van der Waals surface area contributed by atoms with Crippen LogP contribution < -0.4 is 15.4 Å². The molecule has 6 nitrogen and oxygen atoms in total. The van der Waals surface area contributed by atoms with Crippen molar-refractivity contribution in [3.8, 4) is 11.6 Å². The predicted octanol–water partition coefficient (Wildman–Crippen LogP) is 4.70. The normalized spacial score (nSPS) is 10.2. The molecule has 0 aliphatic carbocycles. The Hall–Kier alpha value is -3.67. The SMILES string of the molecule is C=C(C)Nc1cc(Oc2ccc(NC(=O)Cc3ccccc3C)cc2)ncn1. The Labute approximate surface area is 164 Å². The summed E-state index contributed by atoms with van der Waals surface area (Å²) in [6, 6.07) is 16.7. The topological polar surface area (TPSA) is 76.1 Å². The van der Waals surface area contributed by atoms with Crippen molar-refractivity contribution in [2.24, 2.45) is 0 Å². The maximum absolute atomic E-state index is 12.3. The molecule has 0 radical (unpaired) electrons. The Kier molecular flexibility index (Phi) is 6.01.